The van der Waals surface area contributed by atoms with Gasteiger partial charge in [-0.05, 0) is 66.5 Å². The number of fused-ring (bicyclic) bond motifs is 6. The molecular formula is C39H30N2O5. The number of ketones is 1. The SMILES string of the molecule is O=C(COC(=O)c1cc(-c2ccc(N3C(=O)C4C5CCC(C5)C4C3=O)cc2)nc2ccccc12)c1ccc(-c2ccccc2)cc1. The lowest BCUT2D eigenvalue weighted by Gasteiger charge is -2.19. The molecule has 2 amide bonds. The average Bonchev–Trinajstić information content (AvgIpc) is 3.80. The number of anilines is 1. The van der Waals surface area contributed by atoms with E-state index in [0.29, 0.717) is 45.2 Å². The molecule has 0 radical (unpaired) electrons. The van der Waals surface area contributed by atoms with Crippen molar-refractivity contribution in [2.24, 2.45) is 23.7 Å². The Hall–Kier alpha value is -5.43. The number of ether oxygens (including phenoxy) is 1. The van der Waals surface area contributed by atoms with E-state index >= 15 is 0 Å². The van der Waals surface area contributed by atoms with E-state index in [0.717, 1.165) is 36.0 Å². The minimum atomic E-state index is -0.625. The van der Waals surface area contributed by atoms with Crippen molar-refractivity contribution in [1.82, 2.24) is 4.98 Å². The number of Topliss-reactive ketones (excluding diaryl/α,β-unsaturated/α-hetero) is 1. The highest BCUT2D eigenvalue weighted by Crippen LogP contribution is 2.56. The highest BCUT2D eigenvalue weighted by Gasteiger charge is 2.61. The van der Waals surface area contributed by atoms with E-state index in [4.69, 9.17) is 9.72 Å². The van der Waals surface area contributed by atoms with Gasteiger partial charge in [-0.15, -0.1) is 0 Å². The lowest BCUT2D eigenvalue weighted by molar-refractivity contribution is -0.123. The van der Waals surface area contributed by atoms with Crippen LogP contribution in [0.3, 0.4) is 0 Å². The molecule has 0 spiro atoms. The van der Waals surface area contributed by atoms with E-state index in [1.807, 2.05) is 72.8 Å². The van der Waals surface area contributed by atoms with E-state index in [2.05, 4.69) is 0 Å². The molecule has 1 aromatic heterocycles. The maximum atomic E-state index is 13.4. The van der Waals surface area contributed by atoms with Crippen molar-refractivity contribution in [1.29, 1.82) is 0 Å². The molecule has 4 aromatic carbocycles. The number of nitrogens with zero attached hydrogens (tertiary/aromatic N) is 2. The number of esters is 1. The van der Waals surface area contributed by atoms with Crippen molar-refractivity contribution in [2.75, 3.05) is 11.5 Å². The first-order chi connectivity index (χ1) is 22.5. The first-order valence-corrected chi connectivity index (χ1v) is 15.7. The largest absolute Gasteiger partial charge is 0.454 e. The summed E-state index contributed by atoms with van der Waals surface area (Å²) in [5.74, 6) is -0.789. The number of carbonyl (C=O) groups is 4. The molecule has 4 atom stereocenters. The molecule has 226 valence electrons. The number of imide groups is 1. The predicted octanol–water partition coefficient (Wildman–Crippen LogP) is 7.14. The Balaban J connectivity index is 1.01. The molecule has 2 heterocycles. The topological polar surface area (TPSA) is 93.6 Å². The second kappa shape index (κ2) is 11.2. The van der Waals surface area contributed by atoms with Gasteiger partial charge < -0.3 is 4.74 Å². The Labute approximate surface area is 265 Å². The Morgan fingerprint density at radius 3 is 2.02 bits per heavy atom. The number of benzene rings is 4. The second-order valence-electron chi connectivity index (χ2n) is 12.5. The Kier molecular flexibility index (Phi) is 6.82. The Morgan fingerprint density at radius 1 is 0.717 bits per heavy atom. The minimum Gasteiger partial charge on any atom is -0.454 e. The number of amides is 2. The van der Waals surface area contributed by atoms with E-state index < -0.39 is 12.6 Å². The van der Waals surface area contributed by atoms with Crippen LogP contribution in [0.4, 0.5) is 5.69 Å². The smallest absolute Gasteiger partial charge is 0.339 e. The fourth-order valence-corrected chi connectivity index (χ4v) is 7.71. The Morgan fingerprint density at radius 2 is 1.33 bits per heavy atom. The molecule has 3 fully saturated rings. The first-order valence-electron chi connectivity index (χ1n) is 15.7. The van der Waals surface area contributed by atoms with Crippen LogP contribution in [-0.2, 0) is 14.3 Å². The molecule has 2 bridgehead atoms. The number of rotatable bonds is 7. The molecule has 5 aromatic rings. The molecular weight excluding hydrogens is 576 g/mol. The van der Waals surface area contributed by atoms with Crippen molar-refractivity contribution < 1.29 is 23.9 Å². The van der Waals surface area contributed by atoms with Gasteiger partial charge in [0.25, 0.3) is 0 Å². The number of para-hydroxylation sites is 1. The van der Waals surface area contributed by atoms with E-state index in [1.165, 1.54) is 4.90 Å². The molecule has 7 heteroatoms. The number of hydrogen-bond acceptors (Lipinski definition) is 6. The molecule has 46 heavy (non-hydrogen) atoms. The molecule has 3 aliphatic rings. The second-order valence-corrected chi connectivity index (χ2v) is 12.5. The lowest BCUT2D eigenvalue weighted by Crippen LogP contribution is -2.32. The number of hydrogen-bond donors (Lipinski definition) is 0. The lowest BCUT2D eigenvalue weighted by atomic mass is 9.81. The van der Waals surface area contributed by atoms with E-state index in [9.17, 15) is 19.2 Å². The van der Waals surface area contributed by atoms with Crippen LogP contribution in [0.2, 0.25) is 0 Å². The standard InChI is InChI=1S/C39H30N2O5/c42-34(26-12-10-24(11-13-26)23-6-2-1-3-7-23)22-46-39(45)31-21-33(40-32-9-5-4-8-30(31)32)25-16-18-29(19-17-25)41-37(43)35-27-14-15-28(20-27)36(35)38(41)44/h1-13,16-19,21,27-28,35-36H,14-15,20,22H2. The molecule has 2 saturated carbocycles. The summed E-state index contributed by atoms with van der Waals surface area (Å²) in [5, 5.41) is 0.613. The van der Waals surface area contributed by atoms with Gasteiger partial charge in [0, 0.05) is 16.5 Å². The van der Waals surface area contributed by atoms with Gasteiger partial charge in [-0.1, -0.05) is 84.9 Å². The molecule has 4 unspecified atom stereocenters. The summed E-state index contributed by atoms with van der Waals surface area (Å²) in [6.45, 7) is -0.397. The van der Waals surface area contributed by atoms with Crippen molar-refractivity contribution in [3.8, 4) is 22.4 Å². The molecule has 1 aliphatic heterocycles. The van der Waals surface area contributed by atoms with Crippen LogP contribution in [0.25, 0.3) is 33.3 Å². The van der Waals surface area contributed by atoms with Gasteiger partial charge in [0.05, 0.1) is 34.3 Å². The van der Waals surface area contributed by atoms with Gasteiger partial charge >= 0.3 is 5.97 Å². The molecule has 8 rings (SSSR count). The predicted molar refractivity (Wildman–Crippen MR) is 174 cm³/mol. The van der Waals surface area contributed by atoms with Crippen LogP contribution in [-0.4, -0.2) is 35.2 Å². The maximum Gasteiger partial charge on any atom is 0.339 e. The Bertz CT molecular complexity index is 1990. The third kappa shape index (κ3) is 4.70. The third-order valence-electron chi connectivity index (χ3n) is 9.93. The highest BCUT2D eigenvalue weighted by molar-refractivity contribution is 6.22. The van der Waals surface area contributed by atoms with Crippen molar-refractivity contribution in [3.05, 3.63) is 120 Å². The van der Waals surface area contributed by atoms with E-state index in [1.54, 1.807) is 36.4 Å². The fraction of sp³-hybridized carbons (Fsp3) is 0.205. The number of pyridine rings is 1. The van der Waals surface area contributed by atoms with E-state index in [-0.39, 0.29) is 29.4 Å². The number of aromatic nitrogens is 1. The summed E-state index contributed by atoms with van der Waals surface area (Å²) < 4.78 is 5.53. The highest BCUT2D eigenvalue weighted by atomic mass is 16.5. The van der Waals surface area contributed by atoms with Gasteiger partial charge in [-0.2, -0.15) is 0 Å². The summed E-state index contributed by atoms with van der Waals surface area (Å²) in [6, 6.07) is 33.2. The maximum absolute atomic E-state index is 13.4. The normalized spacial score (nSPS) is 21.5. The molecule has 7 nitrogen and oxygen atoms in total. The summed E-state index contributed by atoms with van der Waals surface area (Å²) in [4.78, 5) is 59.1. The fourth-order valence-electron chi connectivity index (χ4n) is 7.71. The monoisotopic (exact) mass is 606 g/mol. The van der Waals surface area contributed by atoms with Gasteiger partial charge in [0.15, 0.2) is 12.4 Å². The van der Waals surface area contributed by atoms with Crippen LogP contribution >= 0.6 is 0 Å². The van der Waals surface area contributed by atoms with Gasteiger partial charge in [0.2, 0.25) is 11.8 Å². The van der Waals surface area contributed by atoms with Gasteiger partial charge in [-0.25, -0.2) is 9.78 Å². The minimum absolute atomic E-state index is 0.0782. The molecule has 0 N–H and O–H groups in total. The van der Waals surface area contributed by atoms with Crippen LogP contribution < -0.4 is 4.90 Å². The zero-order chi connectivity index (χ0) is 31.4. The van der Waals surface area contributed by atoms with Crippen LogP contribution in [0.15, 0.2) is 109 Å². The third-order valence-corrected chi connectivity index (χ3v) is 9.93. The van der Waals surface area contributed by atoms with Crippen molar-refractivity contribution in [3.63, 3.8) is 0 Å². The summed E-state index contributed by atoms with van der Waals surface area (Å²) in [7, 11) is 0. The van der Waals surface area contributed by atoms with Crippen LogP contribution in [0.5, 0.6) is 0 Å². The summed E-state index contributed by atoms with van der Waals surface area (Å²) in [6.07, 6.45) is 3.06. The average molecular weight is 607 g/mol. The van der Waals surface area contributed by atoms with Gasteiger partial charge in [0.1, 0.15) is 0 Å². The van der Waals surface area contributed by atoms with Crippen molar-refractivity contribution in [2.45, 2.75) is 19.3 Å². The first kappa shape index (κ1) is 28.1. The molecule has 2 aliphatic carbocycles. The molecule has 1 saturated heterocycles. The van der Waals surface area contributed by atoms with Crippen LogP contribution in [0, 0.1) is 23.7 Å². The van der Waals surface area contributed by atoms with Crippen molar-refractivity contribution >= 4 is 40.2 Å². The summed E-state index contributed by atoms with van der Waals surface area (Å²) in [5.41, 5.74) is 5.21. The quantitative estimate of drug-likeness (QED) is 0.111. The summed E-state index contributed by atoms with van der Waals surface area (Å²) >= 11 is 0. The van der Waals surface area contributed by atoms with Crippen LogP contribution in [0.1, 0.15) is 40.0 Å². The zero-order valence-corrected chi connectivity index (χ0v) is 25.0. The number of carbonyl (C=O) groups excluding carboxylic acids is 4. The zero-order valence-electron chi connectivity index (χ0n) is 25.0. The van der Waals surface area contributed by atoms with Gasteiger partial charge in [-0.3, -0.25) is 19.3 Å².